The van der Waals surface area contributed by atoms with Gasteiger partial charge in [-0.3, -0.25) is 4.79 Å². The Hall–Kier alpha value is -0.240. The van der Waals surface area contributed by atoms with Crippen LogP contribution in [-0.4, -0.2) is 18.3 Å². The fraction of sp³-hybridized carbons (Fsp3) is 0.917. The smallest absolute Gasteiger partial charge is 0.220 e. The summed E-state index contributed by atoms with van der Waals surface area (Å²) in [6.45, 7) is 0.822. The molecule has 88 valence electrons. The van der Waals surface area contributed by atoms with Crippen molar-refractivity contribution in [3.05, 3.63) is 0 Å². The second-order valence-corrected chi connectivity index (χ2v) is 4.83. The number of rotatable bonds is 7. The number of amides is 1. The molecule has 0 aliphatic heterocycles. The average molecular weight is 232 g/mol. The molecule has 2 nitrogen and oxygen atoms in total. The maximum atomic E-state index is 11.5. The summed E-state index contributed by atoms with van der Waals surface area (Å²) in [6.07, 6.45) is 9.10. The van der Waals surface area contributed by atoms with Crippen LogP contribution in [0, 0.1) is 5.92 Å². The third-order valence-electron chi connectivity index (χ3n) is 3.08. The molecule has 1 aliphatic carbocycles. The van der Waals surface area contributed by atoms with E-state index in [2.05, 4.69) is 5.32 Å². The zero-order valence-electron chi connectivity index (χ0n) is 9.43. The molecule has 3 heteroatoms. The van der Waals surface area contributed by atoms with Crippen LogP contribution in [0.25, 0.3) is 0 Å². The van der Waals surface area contributed by atoms with Crippen LogP contribution in [0.5, 0.6) is 0 Å². The van der Waals surface area contributed by atoms with E-state index in [1.807, 2.05) is 0 Å². The first-order chi connectivity index (χ1) is 7.33. The van der Waals surface area contributed by atoms with Crippen LogP contribution < -0.4 is 5.32 Å². The summed E-state index contributed by atoms with van der Waals surface area (Å²) in [4.78, 5) is 11.5. The zero-order chi connectivity index (χ0) is 10.9. The minimum absolute atomic E-state index is 0.243. The SMILES string of the molecule is O=C(CC1CCCC1)NCCCCCCl. The van der Waals surface area contributed by atoms with Crippen molar-refractivity contribution in [2.24, 2.45) is 5.92 Å². The molecule has 1 N–H and O–H groups in total. The van der Waals surface area contributed by atoms with Crippen LogP contribution >= 0.6 is 11.6 Å². The summed E-state index contributed by atoms with van der Waals surface area (Å²) in [5.41, 5.74) is 0. The Morgan fingerprint density at radius 1 is 1.20 bits per heavy atom. The quantitative estimate of drug-likeness (QED) is 0.530. The van der Waals surface area contributed by atoms with Gasteiger partial charge in [0.15, 0.2) is 0 Å². The van der Waals surface area contributed by atoms with Crippen LogP contribution in [0.1, 0.15) is 51.4 Å². The summed E-state index contributed by atoms with van der Waals surface area (Å²) in [6, 6.07) is 0. The van der Waals surface area contributed by atoms with E-state index in [0.29, 0.717) is 5.92 Å². The Morgan fingerprint density at radius 2 is 1.93 bits per heavy atom. The van der Waals surface area contributed by atoms with E-state index in [4.69, 9.17) is 11.6 Å². The summed E-state index contributed by atoms with van der Waals surface area (Å²) in [5, 5.41) is 2.99. The topological polar surface area (TPSA) is 29.1 Å². The third kappa shape index (κ3) is 6.03. The van der Waals surface area contributed by atoms with Gasteiger partial charge in [-0.15, -0.1) is 11.6 Å². The molecule has 0 unspecified atom stereocenters. The van der Waals surface area contributed by atoms with Crippen LogP contribution in [0.15, 0.2) is 0 Å². The first-order valence-electron chi connectivity index (χ1n) is 6.15. The molecule has 0 aromatic rings. The Bertz CT molecular complexity index is 178. The van der Waals surface area contributed by atoms with E-state index >= 15 is 0 Å². The molecule has 1 saturated carbocycles. The maximum absolute atomic E-state index is 11.5. The number of unbranched alkanes of at least 4 members (excludes halogenated alkanes) is 2. The first-order valence-corrected chi connectivity index (χ1v) is 6.69. The molecule has 0 saturated heterocycles. The third-order valence-corrected chi connectivity index (χ3v) is 3.35. The normalized spacial score (nSPS) is 16.9. The Balaban J connectivity index is 1.93. The highest BCUT2D eigenvalue weighted by molar-refractivity contribution is 6.17. The molecule has 0 aromatic heterocycles. The van der Waals surface area contributed by atoms with E-state index in [1.165, 1.54) is 25.7 Å². The van der Waals surface area contributed by atoms with E-state index in [-0.39, 0.29) is 5.91 Å². The molecular formula is C12H22ClNO. The summed E-state index contributed by atoms with van der Waals surface area (Å²) >= 11 is 5.57. The van der Waals surface area contributed by atoms with Gasteiger partial charge in [0.1, 0.15) is 0 Å². The second kappa shape index (κ2) is 7.98. The van der Waals surface area contributed by atoms with Gasteiger partial charge >= 0.3 is 0 Å². The number of carbonyl (C=O) groups excluding carboxylic acids is 1. The van der Waals surface area contributed by atoms with Crippen LogP contribution in [0.3, 0.4) is 0 Å². The summed E-state index contributed by atoms with van der Waals surface area (Å²) in [7, 11) is 0. The van der Waals surface area contributed by atoms with Gasteiger partial charge < -0.3 is 5.32 Å². The highest BCUT2D eigenvalue weighted by atomic mass is 35.5. The number of carbonyl (C=O) groups is 1. The van der Waals surface area contributed by atoms with Crippen molar-refractivity contribution in [3.8, 4) is 0 Å². The van der Waals surface area contributed by atoms with Gasteiger partial charge in [0.05, 0.1) is 0 Å². The predicted octanol–water partition coefficient (Wildman–Crippen LogP) is 3.09. The van der Waals surface area contributed by atoms with Crippen molar-refractivity contribution in [2.75, 3.05) is 12.4 Å². The summed E-state index contributed by atoms with van der Waals surface area (Å²) in [5.74, 6) is 1.64. The number of halogens is 1. The molecule has 0 aromatic carbocycles. The lowest BCUT2D eigenvalue weighted by Crippen LogP contribution is -2.26. The van der Waals surface area contributed by atoms with Gasteiger partial charge in [-0.2, -0.15) is 0 Å². The highest BCUT2D eigenvalue weighted by Crippen LogP contribution is 2.27. The fourth-order valence-electron chi connectivity index (χ4n) is 2.17. The van der Waals surface area contributed by atoms with Gasteiger partial charge in [0.25, 0.3) is 0 Å². The van der Waals surface area contributed by atoms with E-state index in [1.54, 1.807) is 0 Å². The monoisotopic (exact) mass is 231 g/mol. The largest absolute Gasteiger partial charge is 0.356 e. The summed E-state index contributed by atoms with van der Waals surface area (Å²) < 4.78 is 0. The minimum Gasteiger partial charge on any atom is -0.356 e. The standard InChI is InChI=1S/C12H22ClNO/c13-8-4-1-5-9-14-12(15)10-11-6-2-3-7-11/h11H,1-10H2,(H,14,15). The van der Waals surface area contributed by atoms with Crippen molar-refractivity contribution < 1.29 is 4.79 Å². The van der Waals surface area contributed by atoms with Crippen molar-refractivity contribution >= 4 is 17.5 Å². The highest BCUT2D eigenvalue weighted by Gasteiger charge is 2.17. The van der Waals surface area contributed by atoms with Crippen LogP contribution in [0.2, 0.25) is 0 Å². The van der Waals surface area contributed by atoms with Crippen molar-refractivity contribution in [1.29, 1.82) is 0 Å². The number of hydrogen-bond donors (Lipinski definition) is 1. The van der Waals surface area contributed by atoms with E-state index in [9.17, 15) is 4.79 Å². The minimum atomic E-state index is 0.243. The molecule has 0 spiro atoms. The molecule has 0 atom stereocenters. The van der Waals surface area contributed by atoms with Gasteiger partial charge in [0.2, 0.25) is 5.91 Å². The second-order valence-electron chi connectivity index (χ2n) is 4.45. The fourth-order valence-corrected chi connectivity index (χ4v) is 2.36. The first kappa shape index (κ1) is 12.8. The Labute approximate surface area is 97.8 Å². The van der Waals surface area contributed by atoms with Gasteiger partial charge in [-0.05, 0) is 31.6 Å². The maximum Gasteiger partial charge on any atom is 0.220 e. The van der Waals surface area contributed by atoms with Crippen molar-refractivity contribution in [3.63, 3.8) is 0 Å². The molecule has 1 rings (SSSR count). The molecule has 0 bridgehead atoms. The Morgan fingerprint density at radius 3 is 2.60 bits per heavy atom. The van der Waals surface area contributed by atoms with Gasteiger partial charge in [-0.1, -0.05) is 19.3 Å². The van der Waals surface area contributed by atoms with Crippen LogP contribution in [-0.2, 0) is 4.79 Å². The molecule has 0 radical (unpaired) electrons. The lowest BCUT2D eigenvalue weighted by Gasteiger charge is -2.09. The molecule has 1 amide bonds. The molecule has 0 heterocycles. The molecular weight excluding hydrogens is 210 g/mol. The lowest BCUT2D eigenvalue weighted by molar-refractivity contribution is -0.121. The van der Waals surface area contributed by atoms with E-state index in [0.717, 1.165) is 38.1 Å². The zero-order valence-corrected chi connectivity index (χ0v) is 10.2. The number of hydrogen-bond acceptors (Lipinski definition) is 1. The van der Waals surface area contributed by atoms with Gasteiger partial charge in [0, 0.05) is 18.8 Å². The lowest BCUT2D eigenvalue weighted by atomic mass is 10.0. The molecule has 1 fully saturated rings. The van der Waals surface area contributed by atoms with Crippen LogP contribution in [0.4, 0.5) is 0 Å². The molecule has 15 heavy (non-hydrogen) atoms. The number of nitrogens with one attached hydrogen (secondary N) is 1. The predicted molar refractivity (Wildman–Crippen MR) is 64.2 cm³/mol. The molecule has 1 aliphatic rings. The van der Waals surface area contributed by atoms with Crippen molar-refractivity contribution in [2.45, 2.75) is 51.4 Å². The number of alkyl halides is 1. The average Bonchev–Trinajstić information content (AvgIpc) is 2.70. The van der Waals surface area contributed by atoms with Crippen molar-refractivity contribution in [1.82, 2.24) is 5.32 Å². The Kier molecular flexibility index (Phi) is 6.82. The van der Waals surface area contributed by atoms with Gasteiger partial charge in [-0.25, -0.2) is 0 Å². The van der Waals surface area contributed by atoms with E-state index < -0.39 is 0 Å².